The molecule has 0 spiro atoms. The number of aliphatic hydroxyl groups excluding tert-OH is 1. The molecule has 0 bridgehead atoms. The second kappa shape index (κ2) is 10.3. The quantitative estimate of drug-likeness (QED) is 0.677. The third kappa shape index (κ3) is 6.89. The van der Waals surface area contributed by atoms with Gasteiger partial charge in [-0.15, -0.1) is 0 Å². The zero-order valence-electron chi connectivity index (χ0n) is 14.6. The Labute approximate surface area is 144 Å². The van der Waals surface area contributed by atoms with Crippen molar-refractivity contribution in [2.45, 2.75) is 70.6 Å². The predicted molar refractivity (Wildman–Crippen MR) is 96.0 cm³/mol. The van der Waals surface area contributed by atoms with Crippen LogP contribution < -0.4 is 10.6 Å². The van der Waals surface area contributed by atoms with Crippen LogP contribution in [0.5, 0.6) is 0 Å². The normalized spacial score (nSPS) is 16.6. The van der Waals surface area contributed by atoms with Gasteiger partial charge in [-0.05, 0) is 50.3 Å². The fraction of sp³-hybridized carbons (Fsp3) is 0.632. The summed E-state index contributed by atoms with van der Waals surface area (Å²) in [4.78, 5) is 12.0. The molecule has 1 aliphatic carbocycles. The van der Waals surface area contributed by atoms with Crippen molar-refractivity contribution in [3.63, 3.8) is 0 Å². The summed E-state index contributed by atoms with van der Waals surface area (Å²) in [5.41, 5.74) is 1.85. The Hall–Kier alpha value is -1.59. The van der Waals surface area contributed by atoms with Crippen LogP contribution in [-0.4, -0.2) is 29.9 Å². The molecule has 1 unspecified atom stereocenters. The number of benzene rings is 1. The highest BCUT2D eigenvalue weighted by atomic mass is 16.5. The van der Waals surface area contributed by atoms with Crippen LogP contribution in [-0.2, 0) is 11.3 Å². The summed E-state index contributed by atoms with van der Waals surface area (Å²) in [6.07, 6.45) is 8.01. The molecule has 1 fully saturated rings. The lowest BCUT2D eigenvalue weighted by Gasteiger charge is -2.22. The Balaban J connectivity index is 1.77. The van der Waals surface area contributed by atoms with Crippen molar-refractivity contribution in [3.05, 3.63) is 29.8 Å². The van der Waals surface area contributed by atoms with Gasteiger partial charge in [-0.25, -0.2) is 4.79 Å². The summed E-state index contributed by atoms with van der Waals surface area (Å²) in [5.74, 6) is 0. The van der Waals surface area contributed by atoms with E-state index in [-0.39, 0.29) is 18.7 Å². The molecule has 5 heteroatoms. The van der Waals surface area contributed by atoms with Crippen molar-refractivity contribution in [1.29, 1.82) is 0 Å². The van der Waals surface area contributed by atoms with Gasteiger partial charge in [-0.3, -0.25) is 0 Å². The van der Waals surface area contributed by atoms with Crippen molar-refractivity contribution < 1.29 is 14.6 Å². The summed E-state index contributed by atoms with van der Waals surface area (Å²) in [6, 6.07) is 7.61. The Bertz CT molecular complexity index is 501. The molecular formula is C19H30N2O3. The van der Waals surface area contributed by atoms with Gasteiger partial charge >= 0.3 is 6.03 Å². The average Bonchev–Trinajstić information content (AvgIpc) is 2.59. The molecule has 2 rings (SSSR count). The molecule has 0 saturated heterocycles. The number of carbonyl (C=O) groups is 1. The number of amides is 2. The first kappa shape index (κ1) is 18.7. The zero-order chi connectivity index (χ0) is 17.2. The largest absolute Gasteiger partial charge is 0.396 e. The second-order valence-electron chi connectivity index (χ2n) is 6.64. The lowest BCUT2D eigenvalue weighted by molar-refractivity contribution is 0.0169. The Morgan fingerprint density at radius 2 is 2.12 bits per heavy atom. The Morgan fingerprint density at radius 1 is 1.33 bits per heavy atom. The molecule has 0 heterocycles. The minimum atomic E-state index is -0.217. The Kier molecular flexibility index (Phi) is 8.05. The van der Waals surface area contributed by atoms with Crippen molar-refractivity contribution in [2.24, 2.45) is 0 Å². The molecule has 1 aromatic rings. The van der Waals surface area contributed by atoms with Crippen LogP contribution >= 0.6 is 0 Å². The van der Waals surface area contributed by atoms with E-state index in [0.29, 0.717) is 19.1 Å². The second-order valence-corrected chi connectivity index (χ2v) is 6.64. The van der Waals surface area contributed by atoms with E-state index in [1.165, 1.54) is 19.3 Å². The standard InChI is InChI=1S/C19H30N2O3/c1-15(7-6-12-22)20-19(23)21-17-9-5-8-16(13-17)14-24-18-10-3-2-4-11-18/h5,8-9,13,15,18,22H,2-4,6-7,10-12,14H2,1H3,(H2,20,21,23). The number of hydrogen-bond donors (Lipinski definition) is 3. The summed E-state index contributed by atoms with van der Waals surface area (Å²) in [7, 11) is 0. The molecule has 0 aliphatic heterocycles. The number of carbonyl (C=O) groups excluding carboxylic acids is 1. The van der Waals surface area contributed by atoms with E-state index in [1.807, 2.05) is 31.2 Å². The van der Waals surface area contributed by atoms with E-state index >= 15 is 0 Å². The van der Waals surface area contributed by atoms with Crippen LogP contribution in [0.15, 0.2) is 24.3 Å². The minimum Gasteiger partial charge on any atom is -0.396 e. The predicted octanol–water partition coefficient (Wildman–Crippen LogP) is 3.82. The van der Waals surface area contributed by atoms with Crippen LogP contribution in [0.1, 0.15) is 57.4 Å². The third-order valence-corrected chi connectivity index (χ3v) is 4.40. The summed E-state index contributed by atoms with van der Waals surface area (Å²) >= 11 is 0. The molecule has 24 heavy (non-hydrogen) atoms. The molecule has 134 valence electrons. The van der Waals surface area contributed by atoms with Gasteiger partial charge in [0.05, 0.1) is 12.7 Å². The maximum absolute atomic E-state index is 12.0. The molecule has 1 atom stereocenters. The monoisotopic (exact) mass is 334 g/mol. The first-order valence-electron chi connectivity index (χ1n) is 9.06. The number of urea groups is 1. The summed E-state index contributed by atoms with van der Waals surface area (Å²) < 4.78 is 5.99. The van der Waals surface area contributed by atoms with Gasteiger partial charge in [0.15, 0.2) is 0 Å². The van der Waals surface area contributed by atoms with Crippen LogP contribution in [0, 0.1) is 0 Å². The van der Waals surface area contributed by atoms with Gasteiger partial charge in [0, 0.05) is 18.3 Å². The maximum atomic E-state index is 12.0. The Morgan fingerprint density at radius 3 is 2.88 bits per heavy atom. The first-order valence-corrected chi connectivity index (χ1v) is 9.06. The van der Waals surface area contributed by atoms with Crippen molar-refractivity contribution >= 4 is 11.7 Å². The molecular weight excluding hydrogens is 304 g/mol. The number of rotatable bonds is 8. The van der Waals surface area contributed by atoms with Crippen LogP contribution in [0.3, 0.4) is 0 Å². The van der Waals surface area contributed by atoms with Gasteiger partial charge in [-0.1, -0.05) is 31.4 Å². The van der Waals surface area contributed by atoms with Crippen LogP contribution in [0.2, 0.25) is 0 Å². The van der Waals surface area contributed by atoms with Gasteiger partial charge in [0.1, 0.15) is 0 Å². The van der Waals surface area contributed by atoms with E-state index in [4.69, 9.17) is 9.84 Å². The van der Waals surface area contributed by atoms with Gasteiger partial charge in [0.25, 0.3) is 0 Å². The fourth-order valence-corrected chi connectivity index (χ4v) is 3.05. The average molecular weight is 334 g/mol. The van der Waals surface area contributed by atoms with E-state index in [1.54, 1.807) is 0 Å². The molecule has 1 aromatic carbocycles. The SMILES string of the molecule is CC(CCCO)NC(=O)Nc1cccc(COC2CCCCC2)c1. The first-order chi connectivity index (χ1) is 11.7. The zero-order valence-corrected chi connectivity index (χ0v) is 14.6. The topological polar surface area (TPSA) is 70.6 Å². The molecule has 5 nitrogen and oxygen atoms in total. The molecule has 2 amide bonds. The van der Waals surface area contributed by atoms with Crippen LogP contribution in [0.4, 0.5) is 10.5 Å². The highest BCUT2D eigenvalue weighted by molar-refractivity contribution is 5.89. The number of hydrogen-bond acceptors (Lipinski definition) is 3. The summed E-state index contributed by atoms with van der Waals surface area (Å²) in [5, 5.41) is 14.6. The molecule has 1 saturated carbocycles. The minimum absolute atomic E-state index is 0.0370. The lowest BCUT2D eigenvalue weighted by Crippen LogP contribution is -2.36. The fourth-order valence-electron chi connectivity index (χ4n) is 3.05. The lowest BCUT2D eigenvalue weighted by atomic mass is 9.98. The molecule has 0 radical (unpaired) electrons. The van der Waals surface area contributed by atoms with Gasteiger partial charge in [-0.2, -0.15) is 0 Å². The van der Waals surface area contributed by atoms with Crippen molar-refractivity contribution in [1.82, 2.24) is 5.32 Å². The van der Waals surface area contributed by atoms with Gasteiger partial charge < -0.3 is 20.5 Å². The van der Waals surface area contributed by atoms with Crippen molar-refractivity contribution in [2.75, 3.05) is 11.9 Å². The van der Waals surface area contributed by atoms with Crippen molar-refractivity contribution in [3.8, 4) is 0 Å². The maximum Gasteiger partial charge on any atom is 0.319 e. The molecule has 3 N–H and O–H groups in total. The van der Waals surface area contributed by atoms with E-state index in [2.05, 4.69) is 10.6 Å². The smallest absolute Gasteiger partial charge is 0.319 e. The number of nitrogens with one attached hydrogen (secondary N) is 2. The number of anilines is 1. The number of ether oxygens (including phenoxy) is 1. The van der Waals surface area contributed by atoms with Crippen LogP contribution in [0.25, 0.3) is 0 Å². The van der Waals surface area contributed by atoms with E-state index in [9.17, 15) is 4.79 Å². The summed E-state index contributed by atoms with van der Waals surface area (Å²) in [6.45, 7) is 2.68. The molecule has 1 aliphatic rings. The highest BCUT2D eigenvalue weighted by Crippen LogP contribution is 2.22. The van der Waals surface area contributed by atoms with Gasteiger partial charge in [0.2, 0.25) is 0 Å². The van der Waals surface area contributed by atoms with E-state index < -0.39 is 0 Å². The number of aliphatic hydroxyl groups is 1. The third-order valence-electron chi connectivity index (χ3n) is 4.40. The highest BCUT2D eigenvalue weighted by Gasteiger charge is 2.14. The van der Waals surface area contributed by atoms with E-state index in [0.717, 1.165) is 30.5 Å². The molecule has 0 aromatic heterocycles.